The molecule has 0 aliphatic carbocycles. The second-order valence-electron chi connectivity index (χ2n) is 7.16. The van der Waals surface area contributed by atoms with Crippen LogP contribution in [0, 0.1) is 5.41 Å². The van der Waals surface area contributed by atoms with Gasteiger partial charge >= 0.3 is 5.97 Å². The molecule has 1 heterocycles. The molecule has 146 valence electrons. The molecule has 0 radical (unpaired) electrons. The van der Waals surface area contributed by atoms with E-state index < -0.39 is 27.5 Å². The fraction of sp³-hybridized carbons (Fsp3) is 0.611. The summed E-state index contributed by atoms with van der Waals surface area (Å²) in [6, 6.07) is 9.29. The maximum Gasteiger partial charge on any atom is 0.313 e. The predicted molar refractivity (Wildman–Crippen MR) is 99.4 cm³/mol. The highest BCUT2D eigenvalue weighted by atomic mass is 32.2. The minimum Gasteiger partial charge on any atom is -0.481 e. The Kier molecular flexibility index (Phi) is 6.79. The summed E-state index contributed by atoms with van der Waals surface area (Å²) in [5.74, 6) is -0.989. The van der Waals surface area contributed by atoms with Gasteiger partial charge in [0.25, 0.3) is 0 Å². The maximum absolute atomic E-state index is 12.1. The van der Waals surface area contributed by atoms with Crippen LogP contribution in [0.1, 0.15) is 18.4 Å². The second kappa shape index (κ2) is 8.47. The number of nitrogens with zero attached hydrogens (tertiary/aromatic N) is 2. The second-order valence-corrected chi connectivity index (χ2v) is 9.46. The van der Waals surface area contributed by atoms with E-state index >= 15 is 0 Å². The minimum atomic E-state index is -3.26. The number of aliphatic carboxylic acids is 1. The summed E-state index contributed by atoms with van der Waals surface area (Å²) < 4.78 is 24.9. The number of aliphatic hydroxyl groups is 1. The van der Waals surface area contributed by atoms with Crippen molar-refractivity contribution in [2.75, 3.05) is 39.5 Å². The Hall–Kier alpha value is -1.48. The van der Waals surface area contributed by atoms with E-state index in [0.29, 0.717) is 25.9 Å². The molecule has 0 saturated carbocycles. The number of hydrogen-bond acceptors (Lipinski definition) is 5. The lowest BCUT2D eigenvalue weighted by Gasteiger charge is -2.43. The van der Waals surface area contributed by atoms with Crippen molar-refractivity contribution in [2.45, 2.75) is 25.4 Å². The SMILES string of the molecule is CN(C)S(=O)(=O)CCCN1CC[C@H](O)[C@@](Cc2ccccc2)(C(=O)O)C1. The molecule has 1 fully saturated rings. The van der Waals surface area contributed by atoms with Crippen LogP contribution in [-0.4, -0.2) is 79.4 Å². The average molecular weight is 384 g/mol. The summed E-state index contributed by atoms with van der Waals surface area (Å²) in [4.78, 5) is 14.0. The summed E-state index contributed by atoms with van der Waals surface area (Å²) in [6.45, 7) is 1.26. The van der Waals surface area contributed by atoms with Gasteiger partial charge in [0.15, 0.2) is 0 Å². The summed E-state index contributed by atoms with van der Waals surface area (Å²) in [5, 5.41) is 20.4. The van der Waals surface area contributed by atoms with Gasteiger partial charge in [-0.05, 0) is 31.4 Å². The van der Waals surface area contributed by atoms with E-state index in [0.717, 1.165) is 5.56 Å². The molecule has 0 aromatic heterocycles. The Labute approximate surface area is 155 Å². The third-order valence-electron chi connectivity index (χ3n) is 5.08. The van der Waals surface area contributed by atoms with E-state index in [1.807, 2.05) is 35.2 Å². The van der Waals surface area contributed by atoms with E-state index in [1.54, 1.807) is 0 Å². The van der Waals surface area contributed by atoms with E-state index in [1.165, 1.54) is 18.4 Å². The molecule has 7 nitrogen and oxygen atoms in total. The Morgan fingerprint density at radius 1 is 1.31 bits per heavy atom. The van der Waals surface area contributed by atoms with E-state index in [2.05, 4.69) is 0 Å². The molecule has 8 heteroatoms. The van der Waals surface area contributed by atoms with Gasteiger partial charge in [-0.1, -0.05) is 30.3 Å². The normalized spacial score (nSPS) is 24.7. The van der Waals surface area contributed by atoms with E-state index in [9.17, 15) is 23.4 Å². The number of benzene rings is 1. The number of sulfonamides is 1. The Morgan fingerprint density at radius 3 is 2.54 bits per heavy atom. The molecule has 0 bridgehead atoms. The van der Waals surface area contributed by atoms with Crippen molar-refractivity contribution in [2.24, 2.45) is 5.41 Å². The van der Waals surface area contributed by atoms with E-state index in [-0.39, 0.29) is 18.7 Å². The molecular weight excluding hydrogens is 356 g/mol. The zero-order valence-corrected chi connectivity index (χ0v) is 16.2. The number of carboxylic acid groups (broad SMARTS) is 1. The van der Waals surface area contributed by atoms with Gasteiger partial charge in [0.1, 0.15) is 5.41 Å². The lowest BCUT2D eigenvalue weighted by molar-refractivity contribution is -0.163. The highest BCUT2D eigenvalue weighted by molar-refractivity contribution is 7.89. The topological polar surface area (TPSA) is 98.2 Å². The van der Waals surface area contributed by atoms with Gasteiger partial charge in [-0.15, -0.1) is 0 Å². The van der Waals surface area contributed by atoms with Crippen molar-refractivity contribution >= 4 is 16.0 Å². The van der Waals surface area contributed by atoms with Crippen LogP contribution in [0.4, 0.5) is 0 Å². The molecule has 1 aromatic rings. The molecule has 1 aliphatic rings. The first kappa shape index (κ1) is 20.8. The van der Waals surface area contributed by atoms with Gasteiger partial charge in [0, 0.05) is 27.2 Å². The first-order valence-electron chi connectivity index (χ1n) is 8.75. The Bertz CT molecular complexity index is 708. The van der Waals surface area contributed by atoms with Crippen LogP contribution in [-0.2, 0) is 21.2 Å². The van der Waals surface area contributed by atoms with Crippen LogP contribution in [0.15, 0.2) is 30.3 Å². The first-order valence-corrected chi connectivity index (χ1v) is 10.4. The third-order valence-corrected chi connectivity index (χ3v) is 7.00. The first-order chi connectivity index (χ1) is 12.2. The van der Waals surface area contributed by atoms with Gasteiger partial charge < -0.3 is 15.1 Å². The monoisotopic (exact) mass is 384 g/mol. The smallest absolute Gasteiger partial charge is 0.313 e. The zero-order chi connectivity index (χ0) is 19.4. The standard InChI is InChI=1S/C18H28N2O5S/c1-19(2)26(24,25)12-6-10-20-11-9-16(21)18(14-20,17(22)23)13-15-7-4-3-5-8-15/h3-5,7-8,16,21H,6,9-14H2,1-2H3,(H,22,23)/t16-,18-/m0/s1. The molecule has 1 aromatic carbocycles. The Balaban J connectivity index is 2.07. The van der Waals surface area contributed by atoms with Crippen LogP contribution in [0.3, 0.4) is 0 Å². The zero-order valence-electron chi connectivity index (χ0n) is 15.3. The molecular formula is C18H28N2O5S. The van der Waals surface area contributed by atoms with Gasteiger partial charge in [-0.25, -0.2) is 12.7 Å². The summed E-state index contributed by atoms with van der Waals surface area (Å²) in [7, 11) is -0.259. The molecule has 2 rings (SSSR count). The molecule has 0 amide bonds. The molecule has 2 N–H and O–H groups in total. The van der Waals surface area contributed by atoms with Crippen molar-refractivity contribution in [3.8, 4) is 0 Å². The average Bonchev–Trinajstić information content (AvgIpc) is 2.58. The number of carbonyl (C=O) groups is 1. The van der Waals surface area contributed by atoms with Gasteiger partial charge in [0.2, 0.25) is 10.0 Å². The number of hydrogen-bond donors (Lipinski definition) is 2. The van der Waals surface area contributed by atoms with Crippen molar-refractivity contribution < 1.29 is 23.4 Å². The fourth-order valence-electron chi connectivity index (χ4n) is 3.43. The van der Waals surface area contributed by atoms with Crippen LogP contribution < -0.4 is 0 Å². The van der Waals surface area contributed by atoms with Crippen LogP contribution in [0.5, 0.6) is 0 Å². The lowest BCUT2D eigenvalue weighted by atomic mass is 9.73. The van der Waals surface area contributed by atoms with Crippen molar-refractivity contribution in [3.05, 3.63) is 35.9 Å². The van der Waals surface area contributed by atoms with Crippen LogP contribution in [0.25, 0.3) is 0 Å². The highest BCUT2D eigenvalue weighted by Gasteiger charge is 2.49. The fourth-order valence-corrected chi connectivity index (χ4v) is 4.29. The maximum atomic E-state index is 12.1. The highest BCUT2D eigenvalue weighted by Crippen LogP contribution is 2.34. The molecule has 2 atom stereocenters. The van der Waals surface area contributed by atoms with Crippen molar-refractivity contribution in [1.82, 2.24) is 9.21 Å². The molecule has 1 saturated heterocycles. The molecule has 0 spiro atoms. The van der Waals surface area contributed by atoms with E-state index in [4.69, 9.17) is 0 Å². The van der Waals surface area contributed by atoms with Gasteiger partial charge in [-0.2, -0.15) is 0 Å². The number of aliphatic hydroxyl groups excluding tert-OH is 1. The molecule has 1 aliphatic heterocycles. The minimum absolute atomic E-state index is 0.0256. The number of likely N-dealkylation sites (tertiary alicyclic amines) is 1. The van der Waals surface area contributed by atoms with Crippen LogP contribution in [0.2, 0.25) is 0 Å². The van der Waals surface area contributed by atoms with Crippen molar-refractivity contribution in [3.63, 3.8) is 0 Å². The molecule has 26 heavy (non-hydrogen) atoms. The number of rotatable bonds is 8. The summed E-state index contributed by atoms with van der Waals surface area (Å²) in [5.41, 5.74) is -0.411. The number of piperidine rings is 1. The van der Waals surface area contributed by atoms with Crippen molar-refractivity contribution in [1.29, 1.82) is 0 Å². The molecule has 0 unspecified atom stereocenters. The van der Waals surface area contributed by atoms with Gasteiger partial charge in [0.05, 0.1) is 11.9 Å². The Morgan fingerprint density at radius 2 is 1.96 bits per heavy atom. The lowest BCUT2D eigenvalue weighted by Crippen LogP contribution is -2.57. The summed E-state index contributed by atoms with van der Waals surface area (Å²) in [6.07, 6.45) is 0.107. The quantitative estimate of drug-likeness (QED) is 0.683. The van der Waals surface area contributed by atoms with Crippen LogP contribution >= 0.6 is 0 Å². The predicted octanol–water partition coefficient (Wildman–Crippen LogP) is 0.648. The van der Waals surface area contributed by atoms with Gasteiger partial charge in [-0.3, -0.25) is 4.79 Å². The largest absolute Gasteiger partial charge is 0.481 e. The third kappa shape index (κ3) is 4.82. The number of carboxylic acids is 1. The summed E-state index contributed by atoms with van der Waals surface area (Å²) >= 11 is 0.